The largest absolute Gasteiger partial charge is 0.445 e. The minimum Gasteiger partial charge on any atom is -0.445 e. The van der Waals surface area contributed by atoms with Gasteiger partial charge in [-0.2, -0.15) is 4.99 Å². The zero-order valence-corrected chi connectivity index (χ0v) is 39.9. The Morgan fingerprint density at radius 2 is 1.23 bits per heavy atom. The van der Waals surface area contributed by atoms with Crippen LogP contribution in [0, 0.1) is 0 Å². The molecule has 2 atom stereocenters. The Hall–Kier alpha value is -7.74. The van der Waals surface area contributed by atoms with Crippen LogP contribution in [0.5, 0.6) is 0 Å². The first kappa shape index (κ1) is 53.9. The molecule has 366 valence electrons. The number of nitrogens with zero attached hydrogens (tertiary/aromatic N) is 4. The van der Waals surface area contributed by atoms with Crippen molar-refractivity contribution in [2.45, 2.75) is 77.5 Å². The van der Waals surface area contributed by atoms with Crippen LogP contribution in [0.3, 0.4) is 0 Å². The molecule has 0 bridgehead atoms. The van der Waals surface area contributed by atoms with Gasteiger partial charge in [-0.05, 0) is 68.7 Å². The van der Waals surface area contributed by atoms with Gasteiger partial charge in [0.15, 0.2) is 5.17 Å². The minimum atomic E-state index is -1.40. The number of amidine groups is 1. The third kappa shape index (κ3) is 19.9. The van der Waals surface area contributed by atoms with E-state index < -0.39 is 78.7 Å². The highest BCUT2D eigenvalue weighted by atomic mass is 32.2. The molecule has 0 aliphatic heterocycles. The molecule has 4 aromatic rings. The Morgan fingerprint density at radius 3 is 1.77 bits per heavy atom. The molecule has 0 aromatic heterocycles. The van der Waals surface area contributed by atoms with Crippen LogP contribution < -0.4 is 21.7 Å². The Bertz CT molecular complexity index is 2390. The maximum Gasteiger partial charge on any atom is 0.437 e. The average molecular weight is 967 g/mol. The number of guanidine groups is 1. The fraction of sp³-hybridized carbons (Fsp3) is 0.327. The molecule has 0 saturated carbocycles. The molecule has 0 aliphatic carbocycles. The monoisotopic (exact) mass is 966 g/mol. The van der Waals surface area contributed by atoms with E-state index in [2.05, 4.69) is 25.9 Å². The van der Waals surface area contributed by atoms with Gasteiger partial charge < -0.3 is 45.5 Å². The number of carbonyl (C=O) groups is 7. The number of hydrogen-bond acceptors (Lipinski definition) is 12. The van der Waals surface area contributed by atoms with Gasteiger partial charge in [0, 0.05) is 31.6 Å². The van der Waals surface area contributed by atoms with E-state index in [9.17, 15) is 33.6 Å². The van der Waals surface area contributed by atoms with Crippen LogP contribution in [0.2, 0.25) is 0 Å². The predicted octanol–water partition coefficient (Wildman–Crippen LogP) is 6.77. The number of benzene rings is 4. The molecule has 0 aliphatic rings. The Kier molecular flexibility index (Phi) is 21.7. The molecule has 4 rings (SSSR count). The Labute approximate surface area is 405 Å². The summed E-state index contributed by atoms with van der Waals surface area (Å²) in [5.41, 5.74) is 7.70. The number of likely N-dealkylation sites (N-methyl/N-ethyl adjacent to an activating group) is 1. The van der Waals surface area contributed by atoms with Crippen molar-refractivity contribution in [2.75, 3.05) is 26.4 Å². The molecule has 7 amide bonds. The number of alkyl carbamates (subject to hydrolysis) is 2. The van der Waals surface area contributed by atoms with E-state index in [-0.39, 0.29) is 49.9 Å². The summed E-state index contributed by atoms with van der Waals surface area (Å²) in [6, 6.07) is 32.4. The van der Waals surface area contributed by atoms with E-state index in [4.69, 9.17) is 24.7 Å². The first-order chi connectivity index (χ1) is 33.0. The third-order valence-electron chi connectivity index (χ3n) is 9.65. The maximum absolute atomic E-state index is 14.2. The van der Waals surface area contributed by atoms with Gasteiger partial charge in [-0.25, -0.2) is 24.1 Å². The molecule has 0 radical (unpaired) electrons. The average Bonchev–Trinajstić information content (AvgIpc) is 3.33. The number of amides is 7. The Balaban J connectivity index is 1.56. The first-order valence-electron chi connectivity index (χ1n) is 21.8. The van der Waals surface area contributed by atoms with Crippen molar-refractivity contribution in [2.24, 2.45) is 15.7 Å². The van der Waals surface area contributed by atoms with Crippen molar-refractivity contribution >= 4 is 65.0 Å². The van der Waals surface area contributed by atoms with Gasteiger partial charge in [-0.3, -0.25) is 14.4 Å². The van der Waals surface area contributed by atoms with Crippen LogP contribution in [0.15, 0.2) is 131 Å². The fourth-order valence-electron chi connectivity index (χ4n) is 6.13. The quantitative estimate of drug-likeness (QED) is 0.0457. The summed E-state index contributed by atoms with van der Waals surface area (Å²) in [6.45, 7) is 4.00. The topological polar surface area (TPSA) is 250 Å². The van der Waals surface area contributed by atoms with Gasteiger partial charge in [0.2, 0.25) is 11.9 Å². The highest BCUT2D eigenvalue weighted by Crippen LogP contribution is 2.14. The smallest absolute Gasteiger partial charge is 0.437 e. The fourth-order valence-corrected chi connectivity index (χ4v) is 6.51. The van der Waals surface area contributed by atoms with Crippen LogP contribution in [0.1, 0.15) is 67.1 Å². The van der Waals surface area contributed by atoms with Gasteiger partial charge in [0.05, 0.1) is 6.54 Å². The SMILES string of the molecule is CSC(=NC(=O)c1ccccc1)NC(=O)C(CNC(=O)OC(C)(C)C)N(C)C(=O)C[C@H](CCCN(C(=O)OCc1ccccc1)/C(N)=N/C(=O)OCc1ccccc1)NC(=O)OCc1ccccc1. The van der Waals surface area contributed by atoms with Crippen LogP contribution in [0.25, 0.3) is 0 Å². The van der Waals surface area contributed by atoms with Gasteiger partial charge in [0.25, 0.3) is 11.8 Å². The standard InChI is InChI=1S/C49H58N8O11S/c1-49(2,3)68-45(61)51-30-39(42(60)54-44(69-5)53-41(59)37-25-16-9-17-26-37)56(4)40(58)29-38(52-46(62)65-31-34-19-10-6-11-20-34)27-18-28-57(48(64)67-33-36-23-14-8-15-24-36)43(50)55-47(63)66-32-35-21-12-7-13-22-35/h6-17,19-26,38-39H,18,27-33H2,1-5H3,(H,51,61)(H,52,62)(H2,50,55,63)(H,53,54,59,60)/t38-,39?/m0/s1. The summed E-state index contributed by atoms with van der Waals surface area (Å²) in [7, 11) is 1.33. The molecule has 0 saturated heterocycles. The number of nitrogens with one attached hydrogen (secondary N) is 3. The summed E-state index contributed by atoms with van der Waals surface area (Å²) in [6.07, 6.45) is -2.51. The lowest BCUT2D eigenvalue weighted by Gasteiger charge is -2.30. The van der Waals surface area contributed by atoms with E-state index in [1.165, 1.54) is 7.05 Å². The van der Waals surface area contributed by atoms with Gasteiger partial charge >= 0.3 is 24.4 Å². The number of aliphatic imine (C=N–C) groups is 2. The third-order valence-corrected chi connectivity index (χ3v) is 10.2. The number of rotatable bonds is 18. The number of carbonyl (C=O) groups excluding carboxylic acids is 7. The molecular weight excluding hydrogens is 909 g/mol. The zero-order valence-electron chi connectivity index (χ0n) is 39.1. The lowest BCUT2D eigenvalue weighted by Crippen LogP contribution is -2.55. The molecule has 5 N–H and O–H groups in total. The van der Waals surface area contributed by atoms with Crippen molar-refractivity contribution in [3.05, 3.63) is 144 Å². The summed E-state index contributed by atoms with van der Waals surface area (Å²) in [5, 5.41) is 7.75. The lowest BCUT2D eigenvalue weighted by atomic mass is 10.1. The first-order valence-corrected chi connectivity index (χ1v) is 23.0. The van der Waals surface area contributed by atoms with Gasteiger partial charge in [-0.1, -0.05) is 121 Å². The predicted molar refractivity (Wildman–Crippen MR) is 260 cm³/mol. The summed E-state index contributed by atoms with van der Waals surface area (Å²) in [4.78, 5) is 103. The molecule has 19 nitrogen and oxygen atoms in total. The van der Waals surface area contributed by atoms with E-state index in [0.29, 0.717) is 16.7 Å². The van der Waals surface area contributed by atoms with Crippen molar-refractivity contribution in [1.82, 2.24) is 25.8 Å². The lowest BCUT2D eigenvalue weighted by molar-refractivity contribution is -0.138. The van der Waals surface area contributed by atoms with E-state index in [1.54, 1.807) is 136 Å². The molecule has 4 aromatic carbocycles. The molecule has 20 heteroatoms. The molecule has 0 spiro atoms. The molecule has 0 heterocycles. The van der Waals surface area contributed by atoms with Crippen LogP contribution in [-0.2, 0) is 48.4 Å². The van der Waals surface area contributed by atoms with Crippen LogP contribution in [-0.4, -0.2) is 107 Å². The maximum atomic E-state index is 14.2. The molecule has 69 heavy (non-hydrogen) atoms. The van der Waals surface area contributed by atoms with Crippen molar-refractivity contribution in [3.8, 4) is 0 Å². The number of thioether (sulfide) groups is 1. The highest BCUT2D eigenvalue weighted by Gasteiger charge is 2.31. The second kappa shape index (κ2) is 27.8. The number of hydrogen-bond donors (Lipinski definition) is 4. The van der Waals surface area contributed by atoms with Crippen molar-refractivity contribution in [1.29, 1.82) is 0 Å². The van der Waals surface area contributed by atoms with Crippen LogP contribution >= 0.6 is 11.8 Å². The second-order valence-electron chi connectivity index (χ2n) is 16.1. The molecular formula is C49H58N8O11S. The van der Waals surface area contributed by atoms with Crippen LogP contribution in [0.4, 0.5) is 19.2 Å². The molecule has 0 fully saturated rings. The summed E-state index contributed by atoms with van der Waals surface area (Å²) < 4.78 is 21.6. The molecule has 1 unspecified atom stereocenters. The number of nitrogens with two attached hydrogens (primary N) is 1. The minimum absolute atomic E-state index is 0.00607. The zero-order chi connectivity index (χ0) is 50.2. The van der Waals surface area contributed by atoms with Crippen molar-refractivity contribution in [3.63, 3.8) is 0 Å². The van der Waals surface area contributed by atoms with Crippen molar-refractivity contribution < 1.29 is 52.5 Å². The van der Waals surface area contributed by atoms with E-state index in [1.807, 2.05) is 12.1 Å². The Morgan fingerprint density at radius 1 is 0.710 bits per heavy atom. The normalized spacial score (nSPS) is 12.3. The second-order valence-corrected chi connectivity index (χ2v) is 16.9. The summed E-state index contributed by atoms with van der Waals surface area (Å²) >= 11 is 0.973. The highest BCUT2D eigenvalue weighted by molar-refractivity contribution is 8.13. The number of ether oxygens (including phenoxy) is 4. The van der Waals surface area contributed by atoms with Gasteiger partial charge in [0.1, 0.15) is 31.5 Å². The van der Waals surface area contributed by atoms with Gasteiger partial charge in [-0.15, -0.1) is 4.99 Å². The van der Waals surface area contributed by atoms with E-state index >= 15 is 0 Å². The van der Waals surface area contributed by atoms with E-state index in [0.717, 1.165) is 21.6 Å². The summed E-state index contributed by atoms with van der Waals surface area (Å²) in [5.74, 6) is -2.62.